The largest absolute Gasteiger partial charge is 0.507 e. The first kappa shape index (κ1) is 18.0. The Hall–Kier alpha value is -4.04. The highest BCUT2D eigenvalue weighted by molar-refractivity contribution is 6.01. The number of rotatable bonds is 4. The molecule has 2 heteroatoms. The van der Waals surface area contributed by atoms with Crippen LogP contribution < -0.4 is 4.90 Å². The fraction of sp³-hybridized carbons (Fsp3) is 0. The Labute approximate surface area is 176 Å². The topological polar surface area (TPSA) is 23.5 Å². The Balaban J connectivity index is 1.67. The van der Waals surface area contributed by atoms with Crippen molar-refractivity contribution in [2.75, 3.05) is 4.90 Å². The second-order valence-electron chi connectivity index (χ2n) is 7.23. The van der Waals surface area contributed by atoms with Crippen LogP contribution in [0.5, 0.6) is 5.75 Å². The van der Waals surface area contributed by atoms with E-state index in [9.17, 15) is 5.11 Å². The molecule has 0 saturated heterocycles. The first-order chi connectivity index (χ1) is 14.8. The van der Waals surface area contributed by atoms with Gasteiger partial charge in [-0.3, -0.25) is 0 Å². The molecule has 0 unspecified atom stereocenters. The summed E-state index contributed by atoms with van der Waals surface area (Å²) < 4.78 is 0. The van der Waals surface area contributed by atoms with E-state index in [-0.39, 0.29) is 0 Å². The molecule has 5 aromatic rings. The Bertz CT molecular complexity index is 1280. The van der Waals surface area contributed by atoms with Gasteiger partial charge < -0.3 is 10.0 Å². The molecule has 5 rings (SSSR count). The van der Waals surface area contributed by atoms with Crippen molar-refractivity contribution in [3.63, 3.8) is 0 Å². The quantitative estimate of drug-likeness (QED) is 0.342. The summed E-state index contributed by atoms with van der Waals surface area (Å²) in [5.41, 5.74) is 5.55. The van der Waals surface area contributed by atoms with E-state index in [2.05, 4.69) is 77.7 Å². The minimum absolute atomic E-state index is 0.293. The van der Waals surface area contributed by atoms with Gasteiger partial charge in [0.2, 0.25) is 0 Å². The third kappa shape index (κ3) is 3.29. The molecule has 1 N–H and O–H groups in total. The molecule has 0 aliphatic rings. The number of aromatic hydroxyl groups is 1. The van der Waals surface area contributed by atoms with Crippen LogP contribution >= 0.6 is 0 Å². The van der Waals surface area contributed by atoms with Gasteiger partial charge in [-0.15, -0.1) is 0 Å². The van der Waals surface area contributed by atoms with Crippen LogP contribution in [0, 0.1) is 0 Å². The van der Waals surface area contributed by atoms with Gasteiger partial charge in [-0.1, -0.05) is 84.9 Å². The maximum absolute atomic E-state index is 10.4. The minimum Gasteiger partial charge on any atom is -0.507 e. The highest BCUT2D eigenvalue weighted by atomic mass is 16.3. The minimum atomic E-state index is 0.293. The molecule has 0 radical (unpaired) electrons. The van der Waals surface area contributed by atoms with Gasteiger partial charge in [0.25, 0.3) is 0 Å². The van der Waals surface area contributed by atoms with Crippen molar-refractivity contribution in [1.82, 2.24) is 0 Å². The predicted molar refractivity (Wildman–Crippen MR) is 126 cm³/mol. The van der Waals surface area contributed by atoms with Gasteiger partial charge in [-0.25, -0.2) is 0 Å². The van der Waals surface area contributed by atoms with Crippen LogP contribution in [-0.2, 0) is 0 Å². The molecule has 0 fully saturated rings. The number of phenols is 1. The van der Waals surface area contributed by atoms with E-state index in [0.717, 1.165) is 27.8 Å². The van der Waals surface area contributed by atoms with Gasteiger partial charge in [0.15, 0.2) is 0 Å². The summed E-state index contributed by atoms with van der Waals surface area (Å²) in [6, 6.07) is 41.0. The van der Waals surface area contributed by atoms with Crippen molar-refractivity contribution in [3.05, 3.63) is 121 Å². The summed E-state index contributed by atoms with van der Waals surface area (Å²) in [6.07, 6.45) is 0. The van der Waals surface area contributed by atoms with E-state index in [1.807, 2.05) is 42.5 Å². The molecule has 0 bridgehead atoms. The van der Waals surface area contributed by atoms with E-state index >= 15 is 0 Å². The monoisotopic (exact) mass is 387 g/mol. The van der Waals surface area contributed by atoms with Crippen LogP contribution in [0.3, 0.4) is 0 Å². The highest BCUT2D eigenvalue weighted by Crippen LogP contribution is 2.40. The Morgan fingerprint density at radius 3 is 1.73 bits per heavy atom. The number of para-hydroxylation sites is 1. The lowest BCUT2D eigenvalue weighted by atomic mass is 10.0. The molecule has 0 heterocycles. The fourth-order valence-electron chi connectivity index (χ4n) is 3.91. The van der Waals surface area contributed by atoms with Crippen LogP contribution in [0.2, 0.25) is 0 Å². The summed E-state index contributed by atoms with van der Waals surface area (Å²) >= 11 is 0. The van der Waals surface area contributed by atoms with E-state index in [4.69, 9.17) is 0 Å². The predicted octanol–water partition coefficient (Wildman–Crippen LogP) is 7.68. The molecule has 5 aromatic carbocycles. The molecule has 0 amide bonds. The third-order valence-corrected chi connectivity index (χ3v) is 5.36. The van der Waals surface area contributed by atoms with E-state index in [0.29, 0.717) is 5.75 Å². The molecule has 0 spiro atoms. The van der Waals surface area contributed by atoms with Gasteiger partial charge in [0, 0.05) is 22.1 Å². The SMILES string of the molecule is Oc1cccc2c(N(c3ccccc3)c3ccc(-c4ccccc4)cc3)cccc12. The molecule has 0 saturated carbocycles. The number of hydrogen-bond acceptors (Lipinski definition) is 2. The first-order valence-electron chi connectivity index (χ1n) is 10.0. The van der Waals surface area contributed by atoms with Gasteiger partial charge in [-0.2, -0.15) is 0 Å². The average molecular weight is 387 g/mol. The lowest BCUT2D eigenvalue weighted by molar-refractivity contribution is 0.481. The van der Waals surface area contributed by atoms with Crippen LogP contribution in [-0.4, -0.2) is 5.11 Å². The summed E-state index contributed by atoms with van der Waals surface area (Å²) in [6.45, 7) is 0. The lowest BCUT2D eigenvalue weighted by Crippen LogP contribution is -2.10. The number of nitrogens with zero attached hydrogens (tertiary/aromatic N) is 1. The second kappa shape index (κ2) is 7.76. The highest BCUT2D eigenvalue weighted by Gasteiger charge is 2.15. The number of benzene rings is 5. The second-order valence-corrected chi connectivity index (χ2v) is 7.23. The van der Waals surface area contributed by atoms with Gasteiger partial charge in [-0.05, 0) is 47.5 Å². The number of fused-ring (bicyclic) bond motifs is 1. The third-order valence-electron chi connectivity index (χ3n) is 5.36. The molecule has 30 heavy (non-hydrogen) atoms. The molecule has 0 aliphatic heterocycles. The van der Waals surface area contributed by atoms with Crippen LogP contribution in [0.4, 0.5) is 17.1 Å². The summed E-state index contributed by atoms with van der Waals surface area (Å²) in [5.74, 6) is 0.293. The summed E-state index contributed by atoms with van der Waals surface area (Å²) in [7, 11) is 0. The zero-order chi connectivity index (χ0) is 20.3. The van der Waals surface area contributed by atoms with Crippen molar-refractivity contribution in [2.45, 2.75) is 0 Å². The molecule has 0 atom stereocenters. The fourth-order valence-corrected chi connectivity index (χ4v) is 3.91. The van der Waals surface area contributed by atoms with Gasteiger partial charge in [0.1, 0.15) is 5.75 Å². The number of hydrogen-bond donors (Lipinski definition) is 1. The zero-order valence-corrected chi connectivity index (χ0v) is 16.4. The molecular formula is C28H21NO. The van der Waals surface area contributed by atoms with Crippen molar-refractivity contribution in [3.8, 4) is 16.9 Å². The number of anilines is 3. The Morgan fingerprint density at radius 2 is 1.00 bits per heavy atom. The molecule has 2 nitrogen and oxygen atoms in total. The zero-order valence-electron chi connectivity index (χ0n) is 16.4. The van der Waals surface area contributed by atoms with Crippen molar-refractivity contribution < 1.29 is 5.11 Å². The van der Waals surface area contributed by atoms with Crippen molar-refractivity contribution >= 4 is 27.8 Å². The molecule has 0 aliphatic carbocycles. The summed E-state index contributed by atoms with van der Waals surface area (Å²) in [5, 5.41) is 12.2. The smallest absolute Gasteiger partial charge is 0.123 e. The standard InChI is InChI=1S/C28H21NO/c30-28-16-8-13-25-26(28)14-7-15-27(25)29(23-11-5-2-6-12-23)24-19-17-22(18-20-24)21-9-3-1-4-10-21/h1-20,30H. The molecular weight excluding hydrogens is 366 g/mol. The number of phenolic OH excluding ortho intramolecular Hbond substituents is 1. The molecule has 0 aromatic heterocycles. The lowest BCUT2D eigenvalue weighted by Gasteiger charge is -2.27. The van der Waals surface area contributed by atoms with E-state index < -0.39 is 0 Å². The van der Waals surface area contributed by atoms with Crippen molar-refractivity contribution in [1.29, 1.82) is 0 Å². The van der Waals surface area contributed by atoms with E-state index in [1.165, 1.54) is 11.1 Å². The molecule has 144 valence electrons. The maximum Gasteiger partial charge on any atom is 0.123 e. The maximum atomic E-state index is 10.4. The Morgan fingerprint density at radius 1 is 0.433 bits per heavy atom. The van der Waals surface area contributed by atoms with Crippen LogP contribution in [0.25, 0.3) is 21.9 Å². The van der Waals surface area contributed by atoms with Crippen molar-refractivity contribution in [2.24, 2.45) is 0 Å². The van der Waals surface area contributed by atoms with Crippen LogP contribution in [0.1, 0.15) is 0 Å². The normalized spacial score (nSPS) is 10.8. The Kier molecular flexibility index (Phi) is 4.66. The summed E-state index contributed by atoms with van der Waals surface area (Å²) in [4.78, 5) is 2.23. The average Bonchev–Trinajstić information content (AvgIpc) is 2.82. The van der Waals surface area contributed by atoms with E-state index in [1.54, 1.807) is 6.07 Å². The van der Waals surface area contributed by atoms with Crippen LogP contribution in [0.15, 0.2) is 121 Å². The van der Waals surface area contributed by atoms with Gasteiger partial charge in [0.05, 0.1) is 5.69 Å². The first-order valence-corrected chi connectivity index (χ1v) is 10.0. The van der Waals surface area contributed by atoms with Gasteiger partial charge >= 0.3 is 0 Å².